The van der Waals surface area contributed by atoms with Crippen LogP contribution >= 0.6 is 27.5 Å². The van der Waals surface area contributed by atoms with Crippen molar-refractivity contribution in [2.24, 2.45) is 0 Å². The van der Waals surface area contributed by atoms with Gasteiger partial charge in [0.1, 0.15) is 6.54 Å². The number of carbonyl (C=O) groups excluding carboxylic acids is 1. The second-order valence-corrected chi connectivity index (χ2v) is 7.39. The minimum absolute atomic E-state index is 0.123. The molecule has 28 heavy (non-hydrogen) atoms. The van der Waals surface area contributed by atoms with Gasteiger partial charge in [0, 0.05) is 27.4 Å². The summed E-state index contributed by atoms with van der Waals surface area (Å²) in [6.45, 7) is -0.123. The van der Waals surface area contributed by atoms with Crippen molar-refractivity contribution >= 4 is 39.1 Å². The van der Waals surface area contributed by atoms with Gasteiger partial charge in [-0.1, -0.05) is 48.0 Å². The first-order valence-corrected chi connectivity index (χ1v) is 9.55. The van der Waals surface area contributed by atoms with Gasteiger partial charge in [0.2, 0.25) is 5.91 Å². The lowest BCUT2D eigenvalue weighted by Gasteiger charge is -2.14. The molecule has 1 aromatic heterocycles. The van der Waals surface area contributed by atoms with Crippen LogP contribution in [0, 0.1) is 11.3 Å². The van der Waals surface area contributed by atoms with Gasteiger partial charge in [-0.3, -0.25) is 9.59 Å². The molecule has 0 saturated carbocycles. The highest BCUT2D eigenvalue weighted by atomic mass is 79.9. The first-order valence-electron chi connectivity index (χ1n) is 8.38. The van der Waals surface area contributed by atoms with Gasteiger partial charge >= 0.3 is 0 Å². The van der Waals surface area contributed by atoms with Gasteiger partial charge in [-0.05, 0) is 45.3 Å². The van der Waals surface area contributed by atoms with Crippen molar-refractivity contribution in [3.63, 3.8) is 0 Å². The van der Waals surface area contributed by atoms with Crippen molar-refractivity contribution < 1.29 is 4.79 Å². The first kappa shape index (κ1) is 19.9. The normalized spacial score (nSPS) is 11.5. The number of aromatic nitrogens is 1. The molecule has 1 amide bonds. The summed E-state index contributed by atoms with van der Waals surface area (Å²) in [7, 11) is 0. The molecule has 5 nitrogen and oxygen atoms in total. The van der Waals surface area contributed by atoms with Gasteiger partial charge in [-0.15, -0.1) is 0 Å². The summed E-state index contributed by atoms with van der Waals surface area (Å²) in [5, 5.41) is 12.7. The number of benzene rings is 2. The second kappa shape index (κ2) is 8.87. The molecular weight excluding hydrogens is 442 g/mol. The van der Waals surface area contributed by atoms with Crippen LogP contribution in [0.3, 0.4) is 0 Å². The Bertz CT molecular complexity index is 1110. The fourth-order valence-electron chi connectivity index (χ4n) is 2.79. The molecule has 3 aromatic rings. The first-order chi connectivity index (χ1) is 13.5. The summed E-state index contributed by atoms with van der Waals surface area (Å²) in [5.41, 5.74) is 1.73. The van der Waals surface area contributed by atoms with Gasteiger partial charge < -0.3 is 9.88 Å². The molecule has 0 aliphatic carbocycles. The third kappa shape index (κ3) is 4.69. The number of hydrogen-bond donors (Lipinski definition) is 1. The van der Waals surface area contributed by atoms with Gasteiger partial charge in [-0.2, -0.15) is 5.26 Å². The van der Waals surface area contributed by atoms with E-state index in [-0.39, 0.29) is 18.0 Å². The number of hydrogen-bond acceptors (Lipinski definition) is 3. The minimum Gasteiger partial charge on any atom is -0.324 e. The van der Waals surface area contributed by atoms with Crippen LogP contribution < -0.4 is 10.9 Å². The predicted octanol–water partition coefficient (Wildman–Crippen LogP) is 4.56. The van der Waals surface area contributed by atoms with Crippen molar-refractivity contribution in [1.82, 2.24) is 4.57 Å². The fourth-order valence-corrected chi connectivity index (χ4v) is 3.46. The van der Waals surface area contributed by atoms with E-state index in [0.29, 0.717) is 20.7 Å². The van der Waals surface area contributed by atoms with Crippen LogP contribution in [0.15, 0.2) is 76.1 Å². The molecule has 1 N–H and O–H groups in total. The Morgan fingerprint density at radius 2 is 1.93 bits per heavy atom. The Labute approximate surface area is 175 Å². The number of amides is 1. The van der Waals surface area contributed by atoms with Gasteiger partial charge in [0.05, 0.1) is 12.0 Å². The molecule has 140 valence electrons. The summed E-state index contributed by atoms with van der Waals surface area (Å²) >= 11 is 9.65. The van der Waals surface area contributed by atoms with Crippen LogP contribution in [0.5, 0.6) is 0 Å². The predicted molar refractivity (Wildman–Crippen MR) is 112 cm³/mol. The maximum atomic E-state index is 12.3. The van der Waals surface area contributed by atoms with Crippen molar-refractivity contribution in [1.29, 1.82) is 5.26 Å². The fraction of sp³-hybridized carbons (Fsp3) is 0.0952. The van der Waals surface area contributed by atoms with E-state index < -0.39 is 5.92 Å². The average molecular weight is 457 g/mol. The third-order valence-electron chi connectivity index (χ3n) is 4.12. The second-order valence-electron chi connectivity index (χ2n) is 6.07. The summed E-state index contributed by atoms with van der Waals surface area (Å²) in [6.07, 6.45) is 1.55. The van der Waals surface area contributed by atoms with Crippen LogP contribution in [0.2, 0.25) is 5.02 Å². The standard InChI is InChI=1S/C21H15BrClN3O2/c22-15-6-9-21(28)26(12-15)13-20(27)25-16-7-8-17(19(23)10-16)18(11-24)14-4-2-1-3-5-14/h1-10,12,18H,13H2,(H,25,27). The highest BCUT2D eigenvalue weighted by molar-refractivity contribution is 9.10. The molecule has 0 radical (unpaired) electrons. The Morgan fingerprint density at radius 3 is 2.61 bits per heavy atom. The molecule has 0 bridgehead atoms. The van der Waals surface area contributed by atoms with Crippen LogP contribution in [-0.2, 0) is 11.3 Å². The zero-order valence-electron chi connectivity index (χ0n) is 14.6. The zero-order chi connectivity index (χ0) is 20.1. The number of rotatable bonds is 5. The Balaban J connectivity index is 1.77. The average Bonchev–Trinajstić information content (AvgIpc) is 2.68. The van der Waals surface area contributed by atoms with Gasteiger partial charge in [-0.25, -0.2) is 0 Å². The van der Waals surface area contributed by atoms with E-state index in [1.54, 1.807) is 30.5 Å². The van der Waals surface area contributed by atoms with E-state index in [4.69, 9.17) is 11.6 Å². The lowest BCUT2D eigenvalue weighted by molar-refractivity contribution is -0.116. The number of nitriles is 1. The monoisotopic (exact) mass is 455 g/mol. The number of nitrogens with zero attached hydrogens (tertiary/aromatic N) is 2. The summed E-state index contributed by atoms with van der Waals surface area (Å²) in [6, 6.07) is 19.6. The van der Waals surface area contributed by atoms with Crippen molar-refractivity contribution in [2.75, 3.05) is 5.32 Å². The molecule has 0 aliphatic heterocycles. The summed E-state index contributed by atoms with van der Waals surface area (Å²) in [4.78, 5) is 24.1. The quantitative estimate of drug-likeness (QED) is 0.611. The molecule has 1 atom stereocenters. The van der Waals surface area contributed by atoms with E-state index in [9.17, 15) is 14.9 Å². The Morgan fingerprint density at radius 1 is 1.18 bits per heavy atom. The summed E-state index contributed by atoms with van der Waals surface area (Å²) < 4.78 is 2.01. The van der Waals surface area contributed by atoms with Gasteiger partial charge in [0.25, 0.3) is 5.56 Å². The topological polar surface area (TPSA) is 74.9 Å². The SMILES string of the molecule is N#CC(c1ccccc1)c1ccc(NC(=O)Cn2cc(Br)ccc2=O)cc1Cl. The van der Waals surface area contributed by atoms with Gasteiger partial charge in [0.15, 0.2) is 0 Å². The minimum atomic E-state index is -0.501. The van der Waals surface area contributed by atoms with Crippen LogP contribution in [-0.4, -0.2) is 10.5 Å². The third-order valence-corrected chi connectivity index (χ3v) is 4.91. The highest BCUT2D eigenvalue weighted by Crippen LogP contribution is 2.31. The molecule has 0 spiro atoms. The number of nitrogens with one attached hydrogen (secondary N) is 1. The molecule has 0 saturated heterocycles. The van der Waals surface area contributed by atoms with Crippen molar-refractivity contribution in [2.45, 2.75) is 12.5 Å². The molecular formula is C21H15BrClN3O2. The van der Waals surface area contributed by atoms with Crippen molar-refractivity contribution in [3.8, 4) is 6.07 Å². The molecule has 3 rings (SSSR count). The smallest absolute Gasteiger partial charge is 0.251 e. The van der Waals surface area contributed by atoms with E-state index in [0.717, 1.165) is 5.56 Å². The highest BCUT2D eigenvalue weighted by Gasteiger charge is 2.17. The largest absolute Gasteiger partial charge is 0.324 e. The Hall–Kier alpha value is -2.88. The maximum Gasteiger partial charge on any atom is 0.251 e. The lowest BCUT2D eigenvalue weighted by Crippen LogP contribution is -2.26. The van der Waals surface area contributed by atoms with E-state index in [2.05, 4.69) is 27.3 Å². The molecule has 1 unspecified atom stereocenters. The molecule has 0 fully saturated rings. The zero-order valence-corrected chi connectivity index (χ0v) is 16.9. The van der Waals surface area contributed by atoms with E-state index in [1.165, 1.54) is 10.6 Å². The number of pyridine rings is 1. The molecule has 1 heterocycles. The number of carbonyl (C=O) groups is 1. The van der Waals surface area contributed by atoms with Crippen LogP contribution in [0.25, 0.3) is 0 Å². The molecule has 2 aromatic carbocycles. The number of halogens is 2. The maximum absolute atomic E-state index is 12.3. The Kier molecular flexibility index (Phi) is 6.30. The van der Waals surface area contributed by atoms with E-state index >= 15 is 0 Å². The van der Waals surface area contributed by atoms with Crippen molar-refractivity contribution in [3.05, 3.63) is 97.8 Å². The molecule has 0 aliphatic rings. The lowest BCUT2D eigenvalue weighted by atomic mass is 9.92. The molecule has 7 heteroatoms. The van der Waals surface area contributed by atoms with E-state index in [1.807, 2.05) is 30.3 Å². The summed E-state index contributed by atoms with van der Waals surface area (Å²) in [5.74, 6) is -0.859. The van der Waals surface area contributed by atoms with Crippen LogP contribution in [0.4, 0.5) is 5.69 Å². The van der Waals surface area contributed by atoms with Crippen LogP contribution in [0.1, 0.15) is 17.0 Å². The number of anilines is 1.